The van der Waals surface area contributed by atoms with Gasteiger partial charge >= 0.3 is 0 Å². The molecular formula is C27H34N4O2. The van der Waals surface area contributed by atoms with Gasteiger partial charge in [0.1, 0.15) is 5.82 Å². The predicted octanol–water partition coefficient (Wildman–Crippen LogP) is 4.73. The summed E-state index contributed by atoms with van der Waals surface area (Å²) in [5.41, 5.74) is 12.0. The van der Waals surface area contributed by atoms with E-state index < -0.39 is 5.91 Å². The van der Waals surface area contributed by atoms with Crippen LogP contribution >= 0.6 is 0 Å². The van der Waals surface area contributed by atoms with E-state index in [0.717, 1.165) is 36.3 Å². The Bertz CT molecular complexity index is 1140. The molecule has 0 fully saturated rings. The molecule has 1 amide bonds. The van der Waals surface area contributed by atoms with E-state index in [-0.39, 0.29) is 12.1 Å². The summed E-state index contributed by atoms with van der Waals surface area (Å²) in [5.74, 6) is 0.961. The smallest absolute Gasteiger partial charge is 0.248 e. The Morgan fingerprint density at radius 2 is 2.09 bits per heavy atom. The Morgan fingerprint density at radius 1 is 1.30 bits per heavy atom. The fraction of sp³-hybridized carbons (Fsp3) is 0.407. The van der Waals surface area contributed by atoms with Crippen LogP contribution in [0.25, 0.3) is 5.70 Å². The molecule has 3 atom stereocenters. The summed E-state index contributed by atoms with van der Waals surface area (Å²) in [5, 5.41) is 9.89. The van der Waals surface area contributed by atoms with Crippen LogP contribution in [0.3, 0.4) is 0 Å². The standard InChI is InChI=1S/C27H34N4O2/c1-17-15-21(6-10-24(17)30-14-13-29-20(30)4)26-12-9-23(8-5-19(3)32)31(26)25-11-7-22(27(28)33)16-18(25)2/h6-7,9-11,13-14,16-17,19,26,32H,5,8,12,15H2,1-4H3,(H2,28,33). The topological polar surface area (TPSA) is 84.4 Å². The monoisotopic (exact) mass is 446 g/mol. The highest BCUT2D eigenvalue weighted by molar-refractivity contribution is 5.93. The van der Waals surface area contributed by atoms with Crippen molar-refractivity contribution in [3.63, 3.8) is 0 Å². The summed E-state index contributed by atoms with van der Waals surface area (Å²) in [6.45, 7) is 8.16. The van der Waals surface area contributed by atoms with E-state index in [2.05, 4.69) is 39.6 Å². The maximum atomic E-state index is 11.7. The number of anilines is 1. The summed E-state index contributed by atoms with van der Waals surface area (Å²) in [7, 11) is 0. The molecule has 6 heteroatoms. The zero-order valence-corrected chi connectivity index (χ0v) is 20.0. The largest absolute Gasteiger partial charge is 0.393 e. The van der Waals surface area contributed by atoms with Crippen LogP contribution < -0.4 is 10.6 Å². The molecule has 4 rings (SSSR count). The average molecular weight is 447 g/mol. The third-order valence-corrected chi connectivity index (χ3v) is 6.80. The second-order valence-corrected chi connectivity index (χ2v) is 9.35. The second-order valence-electron chi connectivity index (χ2n) is 9.35. The van der Waals surface area contributed by atoms with E-state index in [4.69, 9.17) is 5.73 Å². The Labute approximate surface area is 196 Å². The highest BCUT2D eigenvalue weighted by atomic mass is 16.3. The number of hydrogen-bond acceptors (Lipinski definition) is 4. The molecule has 1 aliphatic heterocycles. The molecule has 0 bridgehead atoms. The van der Waals surface area contributed by atoms with Gasteiger partial charge in [-0.3, -0.25) is 4.79 Å². The van der Waals surface area contributed by atoms with Gasteiger partial charge in [0, 0.05) is 41.0 Å². The van der Waals surface area contributed by atoms with E-state index in [1.54, 1.807) is 0 Å². The number of carbonyl (C=O) groups excluding carboxylic acids is 1. The zero-order chi connectivity index (χ0) is 23.7. The average Bonchev–Trinajstić information content (AvgIpc) is 3.38. The van der Waals surface area contributed by atoms with Crippen molar-refractivity contribution in [3.8, 4) is 0 Å². The highest BCUT2D eigenvalue weighted by Gasteiger charge is 2.33. The van der Waals surface area contributed by atoms with Crippen LogP contribution in [0.2, 0.25) is 0 Å². The van der Waals surface area contributed by atoms with Crippen molar-refractivity contribution in [2.24, 2.45) is 11.7 Å². The summed E-state index contributed by atoms with van der Waals surface area (Å²) >= 11 is 0. The molecule has 6 nitrogen and oxygen atoms in total. The molecule has 174 valence electrons. The number of aliphatic hydroxyl groups excluding tert-OH is 1. The molecule has 0 saturated carbocycles. The Balaban J connectivity index is 1.69. The Morgan fingerprint density at radius 3 is 2.70 bits per heavy atom. The van der Waals surface area contributed by atoms with Gasteiger partial charge < -0.3 is 20.3 Å². The molecule has 33 heavy (non-hydrogen) atoms. The molecule has 0 spiro atoms. The number of benzene rings is 1. The van der Waals surface area contributed by atoms with Crippen molar-refractivity contribution in [1.82, 2.24) is 9.55 Å². The SMILES string of the molecule is Cc1cc(C(N)=O)ccc1N1C(CCC(C)O)=CCC1C1=CC=C(n2ccnc2C)C(C)C1. The minimum absolute atomic E-state index is 0.219. The summed E-state index contributed by atoms with van der Waals surface area (Å²) in [6, 6.07) is 5.91. The minimum atomic E-state index is -0.413. The number of nitrogens with zero attached hydrogens (tertiary/aromatic N) is 3. The van der Waals surface area contributed by atoms with Gasteiger partial charge in [-0.1, -0.05) is 19.1 Å². The number of aliphatic hydroxyl groups is 1. The van der Waals surface area contributed by atoms with Crippen LogP contribution in [0.1, 0.15) is 61.3 Å². The maximum Gasteiger partial charge on any atom is 0.248 e. The molecule has 1 aliphatic carbocycles. The van der Waals surface area contributed by atoms with Crippen LogP contribution in [-0.4, -0.2) is 32.7 Å². The normalized spacial score (nSPS) is 21.5. The lowest BCUT2D eigenvalue weighted by Crippen LogP contribution is -2.34. The van der Waals surface area contributed by atoms with Gasteiger partial charge in [0.2, 0.25) is 5.91 Å². The highest BCUT2D eigenvalue weighted by Crippen LogP contribution is 2.41. The molecule has 0 radical (unpaired) electrons. The molecule has 2 aliphatic rings. The predicted molar refractivity (Wildman–Crippen MR) is 133 cm³/mol. The number of primary amides is 1. The maximum absolute atomic E-state index is 11.7. The van der Waals surface area contributed by atoms with Crippen molar-refractivity contribution >= 4 is 17.3 Å². The number of aryl methyl sites for hydroxylation is 2. The number of hydrogen-bond donors (Lipinski definition) is 2. The second kappa shape index (κ2) is 9.40. The van der Waals surface area contributed by atoms with E-state index >= 15 is 0 Å². The first kappa shape index (κ1) is 23.1. The quantitative estimate of drug-likeness (QED) is 0.644. The van der Waals surface area contributed by atoms with Crippen molar-refractivity contribution in [1.29, 1.82) is 0 Å². The van der Waals surface area contributed by atoms with Gasteiger partial charge in [-0.05, 0) is 81.9 Å². The van der Waals surface area contributed by atoms with Gasteiger partial charge in [-0.2, -0.15) is 0 Å². The zero-order valence-electron chi connectivity index (χ0n) is 20.0. The van der Waals surface area contributed by atoms with E-state index in [1.807, 2.05) is 51.4 Å². The van der Waals surface area contributed by atoms with E-state index in [9.17, 15) is 9.90 Å². The number of nitrogens with two attached hydrogens (primary N) is 1. The van der Waals surface area contributed by atoms with Gasteiger partial charge in [0.05, 0.1) is 12.1 Å². The first-order valence-corrected chi connectivity index (χ1v) is 11.7. The van der Waals surface area contributed by atoms with Gasteiger partial charge in [0.25, 0.3) is 0 Å². The van der Waals surface area contributed by atoms with E-state index in [0.29, 0.717) is 17.9 Å². The van der Waals surface area contributed by atoms with Gasteiger partial charge in [-0.25, -0.2) is 4.98 Å². The Hall–Kier alpha value is -3.12. The number of rotatable bonds is 7. The third-order valence-electron chi connectivity index (χ3n) is 6.80. The fourth-order valence-corrected chi connectivity index (χ4v) is 5.05. The van der Waals surface area contributed by atoms with E-state index in [1.165, 1.54) is 17.0 Å². The molecule has 2 heterocycles. The number of aromatic nitrogens is 2. The van der Waals surface area contributed by atoms with Crippen molar-refractivity contribution < 1.29 is 9.90 Å². The van der Waals surface area contributed by atoms with Crippen molar-refractivity contribution in [2.45, 2.75) is 65.5 Å². The number of imidazole rings is 1. The van der Waals surface area contributed by atoms with Crippen molar-refractivity contribution in [3.05, 3.63) is 77.0 Å². The number of allylic oxidation sites excluding steroid dienone is 4. The lowest BCUT2D eigenvalue weighted by Gasteiger charge is -2.35. The molecule has 1 aromatic carbocycles. The van der Waals surface area contributed by atoms with Crippen LogP contribution in [0.15, 0.2) is 60.1 Å². The third kappa shape index (κ3) is 4.67. The molecule has 3 unspecified atom stereocenters. The number of amides is 1. The van der Waals surface area contributed by atoms with Crippen LogP contribution in [0.5, 0.6) is 0 Å². The summed E-state index contributed by atoms with van der Waals surface area (Å²) in [4.78, 5) is 18.5. The first-order chi connectivity index (χ1) is 15.8. The first-order valence-electron chi connectivity index (χ1n) is 11.7. The number of carbonyl (C=O) groups is 1. The van der Waals surface area contributed by atoms with Gasteiger partial charge in [0.15, 0.2) is 0 Å². The van der Waals surface area contributed by atoms with Gasteiger partial charge in [-0.15, -0.1) is 0 Å². The lowest BCUT2D eigenvalue weighted by molar-refractivity contribution is 0.1000. The van der Waals surface area contributed by atoms with Crippen molar-refractivity contribution in [2.75, 3.05) is 4.90 Å². The molecule has 1 aromatic heterocycles. The van der Waals surface area contributed by atoms with Crippen LogP contribution in [0, 0.1) is 19.8 Å². The molecule has 3 N–H and O–H groups in total. The minimum Gasteiger partial charge on any atom is -0.393 e. The van der Waals surface area contributed by atoms with Crippen LogP contribution in [0.4, 0.5) is 5.69 Å². The summed E-state index contributed by atoms with van der Waals surface area (Å²) in [6.07, 6.45) is 13.8. The molecule has 2 aromatic rings. The summed E-state index contributed by atoms with van der Waals surface area (Å²) < 4.78 is 2.17. The molecule has 0 saturated heterocycles. The Kier molecular flexibility index (Phi) is 6.56. The fourth-order valence-electron chi connectivity index (χ4n) is 5.05. The lowest BCUT2D eigenvalue weighted by atomic mass is 9.87. The molecular weight excluding hydrogens is 412 g/mol. The van der Waals surface area contributed by atoms with Crippen LogP contribution in [-0.2, 0) is 0 Å².